The Balaban J connectivity index is 1.63. The Kier molecular flexibility index (Phi) is 8.02. The van der Waals surface area contributed by atoms with Gasteiger partial charge in [-0.2, -0.15) is 4.31 Å². The summed E-state index contributed by atoms with van der Waals surface area (Å²) in [6.45, 7) is 7.56. The molecular weight excluding hydrogens is 520 g/mol. The number of rotatable bonds is 7. The molecule has 3 heterocycles. The van der Waals surface area contributed by atoms with Gasteiger partial charge in [0.05, 0.1) is 29.8 Å². The van der Waals surface area contributed by atoms with Crippen molar-refractivity contribution in [3.63, 3.8) is 0 Å². The lowest BCUT2D eigenvalue weighted by atomic mass is 9.85. The molecule has 1 aromatic heterocycles. The Bertz CT molecular complexity index is 1370. The van der Waals surface area contributed by atoms with E-state index >= 15 is 0 Å². The Morgan fingerprint density at radius 1 is 1.15 bits per heavy atom. The molecule has 0 bridgehead atoms. The molecule has 0 aliphatic carbocycles. The molecule has 212 valence electrons. The molecule has 3 N–H and O–H groups in total. The molecule has 1 aromatic carbocycles. The first-order valence-corrected chi connectivity index (χ1v) is 15.0. The highest BCUT2D eigenvalue weighted by atomic mass is 32.2. The molecule has 11 nitrogen and oxygen atoms in total. The van der Waals surface area contributed by atoms with Gasteiger partial charge in [-0.3, -0.25) is 19.4 Å². The molecule has 12 heteroatoms. The van der Waals surface area contributed by atoms with Gasteiger partial charge in [-0.1, -0.05) is 26.8 Å². The third-order valence-corrected chi connectivity index (χ3v) is 8.99. The second kappa shape index (κ2) is 10.8. The molecule has 0 saturated carbocycles. The van der Waals surface area contributed by atoms with Crippen LogP contribution in [0.5, 0.6) is 0 Å². The number of anilines is 1. The number of aromatic nitrogens is 1. The van der Waals surface area contributed by atoms with Gasteiger partial charge in [0.1, 0.15) is 6.04 Å². The number of hydrogen-bond acceptors (Lipinski definition) is 7. The molecule has 0 unspecified atom stereocenters. The Morgan fingerprint density at radius 2 is 1.87 bits per heavy atom. The predicted molar refractivity (Wildman–Crippen MR) is 149 cm³/mol. The third-order valence-electron chi connectivity index (χ3n) is 7.72. The van der Waals surface area contributed by atoms with Crippen LogP contribution in [0.1, 0.15) is 34.1 Å². The molecule has 0 radical (unpaired) electrons. The van der Waals surface area contributed by atoms with Crippen LogP contribution in [-0.2, 0) is 24.4 Å². The molecule has 2 fully saturated rings. The van der Waals surface area contributed by atoms with Crippen LogP contribution in [0.25, 0.3) is 10.9 Å². The Hall–Kier alpha value is -3.09. The molecule has 5 atom stereocenters. The lowest BCUT2D eigenvalue weighted by Crippen LogP contribution is -2.59. The molecule has 2 aromatic rings. The summed E-state index contributed by atoms with van der Waals surface area (Å²) >= 11 is 0. The monoisotopic (exact) mass is 558 g/mol. The van der Waals surface area contributed by atoms with Crippen molar-refractivity contribution in [2.45, 2.75) is 58.3 Å². The van der Waals surface area contributed by atoms with E-state index in [9.17, 15) is 22.8 Å². The van der Waals surface area contributed by atoms with Crippen molar-refractivity contribution in [3.8, 4) is 0 Å². The van der Waals surface area contributed by atoms with Gasteiger partial charge in [-0.15, -0.1) is 0 Å². The van der Waals surface area contributed by atoms with Crippen molar-refractivity contribution < 1.29 is 22.8 Å². The van der Waals surface area contributed by atoms with Gasteiger partial charge in [0.25, 0.3) is 0 Å². The first kappa shape index (κ1) is 28.9. The van der Waals surface area contributed by atoms with Gasteiger partial charge in [0.2, 0.25) is 27.7 Å². The van der Waals surface area contributed by atoms with E-state index in [4.69, 9.17) is 0 Å². The van der Waals surface area contributed by atoms with E-state index in [1.807, 2.05) is 39.0 Å². The maximum absolute atomic E-state index is 14.0. The van der Waals surface area contributed by atoms with E-state index in [0.717, 1.165) is 17.2 Å². The van der Waals surface area contributed by atoms with Gasteiger partial charge in [-0.25, -0.2) is 8.42 Å². The Morgan fingerprint density at radius 3 is 2.51 bits per heavy atom. The average Bonchev–Trinajstić information content (AvgIpc) is 3.46. The van der Waals surface area contributed by atoms with Crippen LogP contribution in [0, 0.1) is 11.3 Å². The van der Waals surface area contributed by atoms with Crippen LogP contribution in [-0.4, -0.2) is 90.9 Å². The molecular formula is C27H38N6O5S. The number of pyridine rings is 1. The third kappa shape index (κ3) is 5.92. The predicted octanol–water partition coefficient (Wildman–Crippen LogP) is 1.17. The number of carbonyl (C=O) groups excluding carboxylic acids is 3. The van der Waals surface area contributed by atoms with Crippen LogP contribution >= 0.6 is 0 Å². The summed E-state index contributed by atoms with van der Waals surface area (Å²) in [6, 6.07) is 6.53. The quantitative estimate of drug-likeness (QED) is 0.463. The SMILES string of the molecule is CN[C@@H](C)C(=O)N[C@H](C(=O)N1CC[C@@H]2[C@H]1[C@@H](C(=O)Nc1ccc3ncccc3c1)CN2S(C)(=O)=O)C(C)(C)C. The van der Waals surface area contributed by atoms with Gasteiger partial charge < -0.3 is 20.9 Å². The number of nitrogens with zero attached hydrogens (tertiary/aromatic N) is 3. The number of carbonyl (C=O) groups is 3. The number of amides is 3. The minimum absolute atomic E-state index is 0.0255. The molecule has 2 saturated heterocycles. The normalized spacial score (nSPS) is 23.3. The van der Waals surface area contributed by atoms with Gasteiger partial charge >= 0.3 is 0 Å². The first-order chi connectivity index (χ1) is 18.2. The van der Waals surface area contributed by atoms with Crippen LogP contribution < -0.4 is 16.0 Å². The number of likely N-dealkylation sites (N-methyl/N-ethyl adjacent to an activating group) is 1. The van der Waals surface area contributed by atoms with E-state index in [1.54, 1.807) is 37.2 Å². The summed E-state index contributed by atoms with van der Waals surface area (Å²) in [5, 5.41) is 9.54. The van der Waals surface area contributed by atoms with E-state index in [0.29, 0.717) is 12.1 Å². The maximum atomic E-state index is 14.0. The van der Waals surface area contributed by atoms with Gasteiger partial charge in [0, 0.05) is 36.4 Å². The first-order valence-electron chi connectivity index (χ1n) is 13.1. The highest BCUT2D eigenvalue weighted by molar-refractivity contribution is 7.88. The van der Waals surface area contributed by atoms with Crippen LogP contribution in [0.3, 0.4) is 0 Å². The number of sulfonamides is 1. The van der Waals surface area contributed by atoms with Gasteiger partial charge in [0.15, 0.2) is 0 Å². The summed E-state index contributed by atoms with van der Waals surface area (Å²) in [7, 11) is -1.96. The molecule has 2 aliphatic heterocycles. The summed E-state index contributed by atoms with van der Waals surface area (Å²) in [5.74, 6) is -1.78. The zero-order valence-corrected chi connectivity index (χ0v) is 24.1. The summed E-state index contributed by atoms with van der Waals surface area (Å²) in [6.07, 6.45) is 3.23. The molecule has 2 aliphatic rings. The van der Waals surface area contributed by atoms with Crippen molar-refractivity contribution in [2.24, 2.45) is 11.3 Å². The smallest absolute Gasteiger partial charge is 0.246 e. The summed E-state index contributed by atoms with van der Waals surface area (Å²) < 4.78 is 26.7. The molecule has 4 rings (SSSR count). The van der Waals surface area contributed by atoms with Gasteiger partial charge in [-0.05, 0) is 50.1 Å². The highest BCUT2D eigenvalue weighted by Gasteiger charge is 2.56. The fraction of sp³-hybridized carbons (Fsp3) is 0.556. The second-order valence-corrected chi connectivity index (χ2v) is 13.5. The lowest BCUT2D eigenvalue weighted by Gasteiger charge is -2.37. The number of benzene rings is 1. The standard InChI is InChI=1S/C27H38N6O5S/c1-16(28-5)24(34)31-23(27(2,3)4)26(36)32-13-11-21-22(32)19(15-33(21)39(6,37)38)25(35)30-18-9-10-20-17(14-18)8-7-12-29-20/h7-10,12,14,16,19,21-23,28H,11,13,15H2,1-6H3,(H,30,35)(H,31,34)/t16-,19-,21+,22+,23+/m0/s1. The summed E-state index contributed by atoms with van der Waals surface area (Å²) in [5.41, 5.74) is 0.728. The fourth-order valence-electron chi connectivity index (χ4n) is 5.51. The Labute approximate surface area is 229 Å². The van der Waals surface area contributed by atoms with Crippen molar-refractivity contribution >= 4 is 44.3 Å². The maximum Gasteiger partial charge on any atom is 0.246 e. The molecule has 0 spiro atoms. The number of nitrogens with one attached hydrogen (secondary N) is 3. The van der Waals surface area contributed by atoms with Crippen molar-refractivity contribution in [1.82, 2.24) is 24.8 Å². The average molecular weight is 559 g/mol. The highest BCUT2D eigenvalue weighted by Crippen LogP contribution is 2.39. The minimum atomic E-state index is -3.63. The van der Waals surface area contributed by atoms with Crippen LogP contribution in [0.2, 0.25) is 0 Å². The lowest BCUT2D eigenvalue weighted by molar-refractivity contribution is -0.141. The number of hydrogen-bond donors (Lipinski definition) is 3. The topological polar surface area (TPSA) is 141 Å². The zero-order valence-electron chi connectivity index (χ0n) is 23.3. The minimum Gasteiger partial charge on any atom is -0.342 e. The van der Waals surface area contributed by atoms with E-state index in [1.165, 1.54) is 4.31 Å². The number of fused-ring (bicyclic) bond motifs is 2. The summed E-state index contributed by atoms with van der Waals surface area (Å²) in [4.78, 5) is 46.3. The van der Waals surface area contributed by atoms with Crippen molar-refractivity contribution in [2.75, 3.05) is 31.7 Å². The zero-order chi connectivity index (χ0) is 28.7. The van der Waals surface area contributed by atoms with Crippen molar-refractivity contribution in [3.05, 3.63) is 36.5 Å². The van der Waals surface area contributed by atoms with Crippen LogP contribution in [0.15, 0.2) is 36.5 Å². The fourth-order valence-corrected chi connectivity index (χ4v) is 6.67. The second-order valence-electron chi connectivity index (χ2n) is 11.5. The van der Waals surface area contributed by atoms with E-state index < -0.39 is 45.5 Å². The molecule has 3 amide bonds. The van der Waals surface area contributed by atoms with E-state index in [-0.39, 0.29) is 30.8 Å². The van der Waals surface area contributed by atoms with E-state index in [2.05, 4.69) is 20.9 Å². The van der Waals surface area contributed by atoms with Crippen LogP contribution in [0.4, 0.5) is 5.69 Å². The largest absolute Gasteiger partial charge is 0.342 e. The molecule has 39 heavy (non-hydrogen) atoms. The van der Waals surface area contributed by atoms with Crippen molar-refractivity contribution in [1.29, 1.82) is 0 Å². The number of likely N-dealkylation sites (tertiary alicyclic amines) is 1.